The molecule has 53 heavy (non-hydrogen) atoms. The fourth-order valence-electron chi connectivity index (χ4n) is 8.07. The first kappa shape index (κ1) is 29.5. The Balaban J connectivity index is 1.02. The molecule has 0 fully saturated rings. The summed E-state index contributed by atoms with van der Waals surface area (Å²) in [6.07, 6.45) is 0. The molecule has 0 unspecified atom stereocenters. The molecule has 0 saturated heterocycles. The first-order valence-electron chi connectivity index (χ1n) is 18.0. The van der Waals surface area contributed by atoms with Gasteiger partial charge in [-0.15, -0.1) is 0 Å². The topological polar surface area (TPSA) is 35.9 Å². The lowest BCUT2D eigenvalue weighted by Gasteiger charge is -2.12. The van der Waals surface area contributed by atoms with Gasteiger partial charge in [0.25, 0.3) is 0 Å². The van der Waals surface area contributed by atoms with Crippen LogP contribution in [0.1, 0.15) is 0 Å². The molecule has 248 valence electrons. The molecule has 0 spiro atoms. The summed E-state index contributed by atoms with van der Waals surface area (Å²) in [5.74, 6) is 0.914. The Hall–Kier alpha value is -7.17. The number of imidazole rings is 1. The first-order valence-corrected chi connectivity index (χ1v) is 18.0. The van der Waals surface area contributed by atoms with Gasteiger partial charge in [-0.25, -0.2) is 4.98 Å². The average Bonchev–Trinajstić information content (AvgIpc) is 3.91. The van der Waals surface area contributed by atoms with Gasteiger partial charge in [0, 0.05) is 44.0 Å². The van der Waals surface area contributed by atoms with Gasteiger partial charge in [-0.2, -0.15) is 0 Å². The predicted molar refractivity (Wildman–Crippen MR) is 219 cm³/mol. The molecule has 0 aliphatic carbocycles. The maximum Gasteiger partial charge on any atom is 0.145 e. The zero-order chi connectivity index (χ0) is 34.9. The number of fused-ring (bicyclic) bond motifs is 7. The summed E-state index contributed by atoms with van der Waals surface area (Å²) >= 11 is 0. The quantitative estimate of drug-likeness (QED) is 0.182. The minimum Gasteiger partial charge on any atom is -0.455 e. The second-order valence-electron chi connectivity index (χ2n) is 13.6. The zero-order valence-electron chi connectivity index (χ0n) is 28.6. The minimum atomic E-state index is 0.910. The number of hydrogen-bond donors (Lipinski definition) is 0. The van der Waals surface area contributed by atoms with Crippen molar-refractivity contribution < 1.29 is 4.42 Å². The predicted octanol–water partition coefficient (Wildman–Crippen LogP) is 13.0. The average molecular weight is 678 g/mol. The number of benzene rings is 8. The molecule has 0 radical (unpaired) electrons. The van der Waals surface area contributed by atoms with Gasteiger partial charge in [-0.1, -0.05) is 115 Å². The summed E-state index contributed by atoms with van der Waals surface area (Å²) in [6, 6.07) is 66.6. The lowest BCUT2D eigenvalue weighted by molar-refractivity contribution is 0.670. The number of hydrogen-bond acceptors (Lipinski definition) is 2. The molecule has 0 aliphatic heterocycles. The van der Waals surface area contributed by atoms with E-state index in [0.29, 0.717) is 0 Å². The molecule has 0 amide bonds. The Morgan fingerprint density at radius 3 is 1.81 bits per heavy atom. The molecule has 0 bridgehead atoms. The van der Waals surface area contributed by atoms with E-state index in [1.807, 2.05) is 12.1 Å². The van der Waals surface area contributed by atoms with Crippen molar-refractivity contribution in [2.75, 3.05) is 0 Å². The van der Waals surface area contributed by atoms with Gasteiger partial charge in [-0.3, -0.25) is 4.57 Å². The molecule has 11 aromatic rings. The number of nitrogens with zero attached hydrogens (tertiary/aromatic N) is 3. The van der Waals surface area contributed by atoms with E-state index < -0.39 is 0 Å². The highest BCUT2D eigenvalue weighted by Gasteiger charge is 2.18. The molecule has 4 nitrogen and oxygen atoms in total. The van der Waals surface area contributed by atoms with E-state index in [0.717, 1.165) is 72.4 Å². The number of furan rings is 1. The van der Waals surface area contributed by atoms with Crippen LogP contribution in [0.2, 0.25) is 0 Å². The number of para-hydroxylation sites is 5. The molecule has 11 rings (SSSR count). The van der Waals surface area contributed by atoms with E-state index in [-0.39, 0.29) is 0 Å². The summed E-state index contributed by atoms with van der Waals surface area (Å²) < 4.78 is 11.1. The van der Waals surface area contributed by atoms with Crippen LogP contribution in [0.15, 0.2) is 192 Å². The van der Waals surface area contributed by atoms with Crippen LogP contribution in [0.4, 0.5) is 0 Å². The van der Waals surface area contributed by atoms with Gasteiger partial charge >= 0.3 is 0 Å². The van der Waals surface area contributed by atoms with Crippen molar-refractivity contribution in [2.24, 2.45) is 0 Å². The van der Waals surface area contributed by atoms with Crippen molar-refractivity contribution in [3.05, 3.63) is 188 Å². The Kier molecular flexibility index (Phi) is 6.52. The highest BCUT2D eigenvalue weighted by atomic mass is 16.3. The van der Waals surface area contributed by atoms with Gasteiger partial charge < -0.3 is 8.98 Å². The molecular weight excluding hydrogens is 647 g/mol. The molecule has 0 saturated carbocycles. The van der Waals surface area contributed by atoms with Crippen molar-refractivity contribution in [1.29, 1.82) is 0 Å². The van der Waals surface area contributed by atoms with Crippen molar-refractivity contribution in [3.63, 3.8) is 0 Å². The molecular formula is C49H31N3O. The molecule has 0 aliphatic rings. The third-order valence-electron chi connectivity index (χ3n) is 10.6. The first-order chi connectivity index (χ1) is 26.3. The molecule has 0 N–H and O–H groups in total. The fourth-order valence-corrected chi connectivity index (χ4v) is 8.07. The maximum atomic E-state index is 6.43. The minimum absolute atomic E-state index is 0.910. The highest BCUT2D eigenvalue weighted by molar-refractivity contribution is 6.13. The summed E-state index contributed by atoms with van der Waals surface area (Å²) in [6.45, 7) is 0. The normalized spacial score (nSPS) is 11.8. The Morgan fingerprint density at radius 1 is 0.377 bits per heavy atom. The van der Waals surface area contributed by atoms with Crippen LogP contribution in [0.3, 0.4) is 0 Å². The second-order valence-corrected chi connectivity index (χ2v) is 13.6. The number of aromatic nitrogens is 3. The SMILES string of the molecule is c1ccc(-c2ccc(-n3c(-c4ccc(-n5c6ccccc6c6cc(-c7cccc8c7oc7ccccc78)ccc65)cc4)nc4ccccc43)cc2)cc1. The third-order valence-corrected chi connectivity index (χ3v) is 10.6. The standard InChI is InChI=1S/C49H31N3O/c1-2-11-32(12-3-1)33-21-26-37(27-22-33)52-46-19-8-6-17-43(46)50-49(52)34-23-28-36(29-24-34)51-44-18-7-4-13-39(44)42-31-35(25-30-45(42)51)38-15-10-16-41-40-14-5-9-20-47(40)53-48(38)41/h1-31H. The highest BCUT2D eigenvalue weighted by Crippen LogP contribution is 2.40. The van der Waals surface area contributed by atoms with Gasteiger partial charge in [0.2, 0.25) is 0 Å². The van der Waals surface area contributed by atoms with E-state index in [9.17, 15) is 0 Å². The Morgan fingerprint density at radius 2 is 0.981 bits per heavy atom. The van der Waals surface area contributed by atoms with Gasteiger partial charge in [-0.05, 0) is 89.5 Å². The fraction of sp³-hybridized carbons (Fsp3) is 0. The van der Waals surface area contributed by atoms with E-state index in [4.69, 9.17) is 9.40 Å². The van der Waals surface area contributed by atoms with Crippen molar-refractivity contribution in [2.45, 2.75) is 0 Å². The summed E-state index contributed by atoms with van der Waals surface area (Å²) in [5.41, 5.74) is 14.1. The van der Waals surface area contributed by atoms with Crippen LogP contribution in [0.25, 0.3) is 99.8 Å². The van der Waals surface area contributed by atoms with Gasteiger partial charge in [0.05, 0.1) is 22.1 Å². The van der Waals surface area contributed by atoms with Crippen LogP contribution in [0.5, 0.6) is 0 Å². The third kappa shape index (κ3) is 4.66. The van der Waals surface area contributed by atoms with Gasteiger partial charge in [0.1, 0.15) is 17.0 Å². The van der Waals surface area contributed by atoms with Crippen LogP contribution < -0.4 is 0 Å². The Bertz CT molecular complexity index is 3150. The molecule has 3 heterocycles. The lowest BCUT2D eigenvalue weighted by atomic mass is 10.0. The van der Waals surface area contributed by atoms with Crippen molar-refractivity contribution in [1.82, 2.24) is 14.1 Å². The zero-order valence-corrected chi connectivity index (χ0v) is 28.6. The van der Waals surface area contributed by atoms with Gasteiger partial charge in [0.15, 0.2) is 0 Å². The van der Waals surface area contributed by atoms with E-state index in [2.05, 4.69) is 185 Å². The maximum absolute atomic E-state index is 6.43. The summed E-state index contributed by atoms with van der Waals surface area (Å²) in [5, 5.41) is 4.70. The van der Waals surface area contributed by atoms with E-state index in [1.54, 1.807) is 0 Å². The summed E-state index contributed by atoms with van der Waals surface area (Å²) in [7, 11) is 0. The van der Waals surface area contributed by atoms with E-state index >= 15 is 0 Å². The van der Waals surface area contributed by atoms with Crippen LogP contribution in [-0.4, -0.2) is 14.1 Å². The molecule has 4 heteroatoms. The van der Waals surface area contributed by atoms with Crippen molar-refractivity contribution >= 4 is 54.8 Å². The largest absolute Gasteiger partial charge is 0.455 e. The van der Waals surface area contributed by atoms with Crippen LogP contribution in [-0.2, 0) is 0 Å². The lowest BCUT2D eigenvalue weighted by Crippen LogP contribution is -1.98. The second kappa shape index (κ2) is 11.7. The number of rotatable bonds is 5. The Labute approximate surface area is 305 Å². The van der Waals surface area contributed by atoms with E-state index in [1.165, 1.54) is 27.4 Å². The monoisotopic (exact) mass is 677 g/mol. The molecule has 3 aromatic heterocycles. The molecule has 0 atom stereocenters. The van der Waals surface area contributed by atoms with Crippen molar-refractivity contribution in [3.8, 4) is 45.0 Å². The van der Waals surface area contributed by atoms with Crippen LogP contribution >= 0.6 is 0 Å². The summed E-state index contributed by atoms with van der Waals surface area (Å²) in [4.78, 5) is 5.15. The molecule has 8 aromatic carbocycles. The van der Waals surface area contributed by atoms with Crippen LogP contribution in [0, 0.1) is 0 Å². The smallest absolute Gasteiger partial charge is 0.145 e.